The van der Waals surface area contributed by atoms with E-state index in [1.165, 1.54) is 0 Å². The summed E-state index contributed by atoms with van der Waals surface area (Å²) in [6.07, 6.45) is 3.04. The SMILES string of the molecule is CCCC(CNC(=O)c1noc(CC)c1C)C(C)C. The van der Waals surface area contributed by atoms with Gasteiger partial charge in [0.25, 0.3) is 5.91 Å². The smallest absolute Gasteiger partial charge is 0.273 e. The third kappa shape index (κ3) is 4.08. The van der Waals surface area contributed by atoms with Gasteiger partial charge in [0.15, 0.2) is 5.69 Å². The van der Waals surface area contributed by atoms with E-state index in [0.29, 0.717) is 24.1 Å². The van der Waals surface area contributed by atoms with Crippen molar-refractivity contribution in [3.8, 4) is 0 Å². The number of aryl methyl sites for hydroxylation is 1. The topological polar surface area (TPSA) is 55.1 Å². The number of nitrogens with zero attached hydrogens (tertiary/aromatic N) is 1. The Morgan fingerprint density at radius 1 is 1.37 bits per heavy atom. The maximum Gasteiger partial charge on any atom is 0.273 e. The van der Waals surface area contributed by atoms with Crippen LogP contribution in [-0.2, 0) is 6.42 Å². The number of hydrogen-bond acceptors (Lipinski definition) is 3. The fourth-order valence-corrected chi connectivity index (χ4v) is 2.26. The first-order chi connectivity index (χ1) is 9.01. The second kappa shape index (κ2) is 7.31. The van der Waals surface area contributed by atoms with E-state index in [4.69, 9.17) is 4.52 Å². The first-order valence-corrected chi connectivity index (χ1v) is 7.24. The van der Waals surface area contributed by atoms with Gasteiger partial charge in [-0.15, -0.1) is 0 Å². The van der Waals surface area contributed by atoms with E-state index in [2.05, 4.69) is 31.2 Å². The first-order valence-electron chi connectivity index (χ1n) is 7.24. The summed E-state index contributed by atoms with van der Waals surface area (Å²) >= 11 is 0. The summed E-state index contributed by atoms with van der Waals surface area (Å²) in [6, 6.07) is 0. The van der Waals surface area contributed by atoms with Crippen LogP contribution in [0, 0.1) is 18.8 Å². The molecule has 0 aliphatic carbocycles. The molecule has 19 heavy (non-hydrogen) atoms. The highest BCUT2D eigenvalue weighted by atomic mass is 16.5. The maximum atomic E-state index is 12.1. The molecular formula is C15H26N2O2. The van der Waals surface area contributed by atoms with Crippen LogP contribution < -0.4 is 5.32 Å². The third-order valence-electron chi connectivity index (χ3n) is 3.68. The van der Waals surface area contributed by atoms with Gasteiger partial charge in [-0.3, -0.25) is 4.79 Å². The van der Waals surface area contributed by atoms with Crippen LogP contribution in [0.2, 0.25) is 0 Å². The van der Waals surface area contributed by atoms with E-state index in [-0.39, 0.29) is 5.91 Å². The van der Waals surface area contributed by atoms with Crippen molar-refractivity contribution in [2.75, 3.05) is 6.54 Å². The van der Waals surface area contributed by atoms with Crippen LogP contribution in [0.25, 0.3) is 0 Å². The summed E-state index contributed by atoms with van der Waals surface area (Å²) in [7, 11) is 0. The number of aromatic nitrogens is 1. The normalized spacial score (nSPS) is 12.7. The van der Waals surface area contributed by atoms with Gasteiger partial charge in [-0.25, -0.2) is 0 Å². The number of carbonyl (C=O) groups is 1. The summed E-state index contributed by atoms with van der Waals surface area (Å²) in [5, 5.41) is 6.85. The molecule has 1 N–H and O–H groups in total. The zero-order chi connectivity index (χ0) is 14.4. The molecule has 0 spiro atoms. The van der Waals surface area contributed by atoms with E-state index in [1.807, 2.05) is 13.8 Å². The van der Waals surface area contributed by atoms with Crippen LogP contribution in [0.4, 0.5) is 0 Å². The monoisotopic (exact) mass is 266 g/mol. The summed E-state index contributed by atoms with van der Waals surface area (Å²) in [4.78, 5) is 12.1. The molecule has 0 bridgehead atoms. The lowest BCUT2D eigenvalue weighted by Gasteiger charge is -2.20. The molecule has 0 aromatic carbocycles. The van der Waals surface area contributed by atoms with Crippen molar-refractivity contribution in [2.24, 2.45) is 11.8 Å². The zero-order valence-electron chi connectivity index (χ0n) is 12.7. The largest absolute Gasteiger partial charge is 0.360 e. The van der Waals surface area contributed by atoms with Gasteiger partial charge in [-0.05, 0) is 25.2 Å². The highest BCUT2D eigenvalue weighted by Crippen LogP contribution is 2.17. The molecule has 1 heterocycles. The van der Waals surface area contributed by atoms with Crippen LogP contribution in [-0.4, -0.2) is 17.6 Å². The minimum atomic E-state index is -0.122. The lowest BCUT2D eigenvalue weighted by molar-refractivity contribution is 0.0932. The Morgan fingerprint density at radius 2 is 2.05 bits per heavy atom. The molecule has 108 valence electrons. The molecule has 1 aromatic heterocycles. The van der Waals surface area contributed by atoms with Gasteiger partial charge in [0.2, 0.25) is 0 Å². The standard InChI is InChI=1S/C15H26N2O2/c1-6-8-12(10(3)4)9-16-15(18)14-11(5)13(7-2)19-17-14/h10,12H,6-9H2,1-5H3,(H,16,18). The van der Waals surface area contributed by atoms with Gasteiger partial charge in [0, 0.05) is 18.5 Å². The number of rotatable bonds is 7. The molecule has 1 aromatic rings. The van der Waals surface area contributed by atoms with Crippen LogP contribution in [0.5, 0.6) is 0 Å². The predicted molar refractivity (Wildman–Crippen MR) is 76.2 cm³/mol. The number of hydrogen-bond donors (Lipinski definition) is 1. The Morgan fingerprint density at radius 3 is 2.53 bits per heavy atom. The van der Waals surface area contributed by atoms with Crippen LogP contribution in [0.3, 0.4) is 0 Å². The maximum absolute atomic E-state index is 12.1. The third-order valence-corrected chi connectivity index (χ3v) is 3.68. The van der Waals surface area contributed by atoms with Crippen molar-refractivity contribution in [3.05, 3.63) is 17.0 Å². The first kappa shape index (κ1) is 15.7. The van der Waals surface area contributed by atoms with Crippen molar-refractivity contribution in [3.63, 3.8) is 0 Å². The molecule has 1 amide bonds. The van der Waals surface area contributed by atoms with E-state index in [0.717, 1.165) is 30.6 Å². The van der Waals surface area contributed by atoms with Crippen molar-refractivity contribution in [1.29, 1.82) is 0 Å². The van der Waals surface area contributed by atoms with Crippen LogP contribution in [0.1, 0.15) is 62.3 Å². The van der Waals surface area contributed by atoms with Crippen LogP contribution >= 0.6 is 0 Å². The lowest BCUT2D eigenvalue weighted by Crippen LogP contribution is -2.32. The quantitative estimate of drug-likeness (QED) is 0.823. The number of nitrogens with one attached hydrogen (secondary N) is 1. The Kier molecular flexibility index (Phi) is 6.06. The van der Waals surface area contributed by atoms with Gasteiger partial charge < -0.3 is 9.84 Å². The molecule has 0 radical (unpaired) electrons. The Bertz CT molecular complexity index is 410. The summed E-state index contributed by atoms with van der Waals surface area (Å²) < 4.78 is 5.16. The molecule has 0 saturated heterocycles. The minimum absolute atomic E-state index is 0.122. The Labute approximate surface area is 115 Å². The molecule has 1 unspecified atom stereocenters. The Hall–Kier alpha value is -1.32. The minimum Gasteiger partial charge on any atom is -0.360 e. The van der Waals surface area contributed by atoms with Crippen molar-refractivity contribution >= 4 is 5.91 Å². The summed E-state index contributed by atoms with van der Waals surface area (Å²) in [5.74, 6) is 1.76. The molecule has 0 aliphatic heterocycles. The van der Waals surface area contributed by atoms with Gasteiger partial charge in [-0.2, -0.15) is 0 Å². The van der Waals surface area contributed by atoms with E-state index < -0.39 is 0 Å². The molecule has 4 nitrogen and oxygen atoms in total. The molecule has 1 rings (SSSR count). The van der Waals surface area contributed by atoms with Crippen LogP contribution in [0.15, 0.2) is 4.52 Å². The van der Waals surface area contributed by atoms with Crippen molar-refractivity contribution in [2.45, 2.75) is 53.9 Å². The zero-order valence-corrected chi connectivity index (χ0v) is 12.7. The Balaban J connectivity index is 2.61. The highest BCUT2D eigenvalue weighted by Gasteiger charge is 2.19. The number of amides is 1. The fourth-order valence-electron chi connectivity index (χ4n) is 2.26. The fraction of sp³-hybridized carbons (Fsp3) is 0.733. The highest BCUT2D eigenvalue weighted by molar-refractivity contribution is 5.93. The molecule has 0 aliphatic rings. The second-order valence-electron chi connectivity index (χ2n) is 5.44. The molecular weight excluding hydrogens is 240 g/mol. The van der Waals surface area contributed by atoms with Crippen molar-refractivity contribution < 1.29 is 9.32 Å². The predicted octanol–water partition coefficient (Wildman–Crippen LogP) is 3.35. The molecule has 0 fully saturated rings. The molecule has 1 atom stereocenters. The lowest BCUT2D eigenvalue weighted by atomic mass is 9.91. The van der Waals surface area contributed by atoms with Gasteiger partial charge in [0.05, 0.1) is 0 Å². The van der Waals surface area contributed by atoms with Gasteiger partial charge in [-0.1, -0.05) is 39.3 Å². The summed E-state index contributed by atoms with van der Waals surface area (Å²) in [5.41, 5.74) is 1.28. The molecule has 0 saturated carbocycles. The number of carbonyl (C=O) groups excluding carboxylic acids is 1. The van der Waals surface area contributed by atoms with Gasteiger partial charge >= 0.3 is 0 Å². The average molecular weight is 266 g/mol. The average Bonchev–Trinajstić information content (AvgIpc) is 2.74. The van der Waals surface area contributed by atoms with E-state index in [1.54, 1.807) is 0 Å². The van der Waals surface area contributed by atoms with Crippen molar-refractivity contribution in [1.82, 2.24) is 10.5 Å². The van der Waals surface area contributed by atoms with Gasteiger partial charge in [0.1, 0.15) is 5.76 Å². The summed E-state index contributed by atoms with van der Waals surface area (Å²) in [6.45, 7) is 11.2. The van der Waals surface area contributed by atoms with E-state index >= 15 is 0 Å². The second-order valence-corrected chi connectivity index (χ2v) is 5.44. The molecule has 4 heteroatoms. The van der Waals surface area contributed by atoms with E-state index in [9.17, 15) is 4.79 Å².